The molecule has 2 rings (SSSR count). The third kappa shape index (κ3) is 7.42. The normalized spacial score (nSPS) is 13.7. The number of anilines is 2. The Labute approximate surface area is 231 Å². The van der Waals surface area contributed by atoms with Crippen molar-refractivity contribution in [2.75, 3.05) is 22.7 Å². The van der Waals surface area contributed by atoms with Crippen molar-refractivity contribution >= 4 is 64.9 Å². The predicted octanol–water partition coefficient (Wildman–Crippen LogP) is 3.24. The Morgan fingerprint density at radius 2 is 1.26 bits per heavy atom. The Hall–Kier alpha value is -2.30. The molecule has 0 saturated carbocycles. The van der Waals surface area contributed by atoms with Crippen LogP contribution in [0, 0.1) is 0 Å². The van der Waals surface area contributed by atoms with Crippen LogP contribution in [0.3, 0.4) is 0 Å². The number of nitrogens with one attached hydrogen (secondary N) is 2. The molecule has 0 aromatic carbocycles. The number of thiazole rings is 2. The molecule has 0 spiro atoms. The number of sulfonamides is 2. The molecule has 0 aliphatic carbocycles. The van der Waals surface area contributed by atoms with Crippen LogP contribution in [0.2, 0.25) is 0 Å². The summed E-state index contributed by atoms with van der Waals surface area (Å²) >= 11 is 2.04. The van der Waals surface area contributed by atoms with Crippen molar-refractivity contribution in [3.63, 3.8) is 0 Å². The number of aromatic nitrogens is 2. The van der Waals surface area contributed by atoms with Gasteiger partial charge in [-0.1, -0.05) is 0 Å². The van der Waals surface area contributed by atoms with Gasteiger partial charge in [-0.3, -0.25) is 19.0 Å². The molecule has 12 nitrogen and oxygen atoms in total. The summed E-state index contributed by atoms with van der Waals surface area (Å²) in [5.74, 6) is -1.21. The van der Waals surface area contributed by atoms with E-state index in [2.05, 4.69) is 19.4 Å². The van der Waals surface area contributed by atoms with E-state index in [1.807, 2.05) is 0 Å². The van der Waals surface area contributed by atoms with Gasteiger partial charge in [0.05, 0.1) is 23.2 Å². The van der Waals surface area contributed by atoms with Crippen LogP contribution in [0.4, 0.5) is 10.3 Å². The Morgan fingerprint density at radius 3 is 1.68 bits per heavy atom. The molecule has 16 heteroatoms. The van der Waals surface area contributed by atoms with Crippen molar-refractivity contribution in [2.24, 2.45) is 0 Å². The van der Waals surface area contributed by atoms with E-state index in [4.69, 9.17) is 9.47 Å². The molecular formula is C22H34N4O8S4. The SMILES string of the molecule is CCOC(=O)C(C)(C)c1csc(NS(=O)(=O)C(C)COC(=O)C(C)(C)c2csc(NS(=O)(=O)C(C)C)n2)n1. The van der Waals surface area contributed by atoms with E-state index in [9.17, 15) is 26.4 Å². The molecule has 1 unspecified atom stereocenters. The fourth-order valence-electron chi connectivity index (χ4n) is 2.66. The average Bonchev–Trinajstić information content (AvgIpc) is 3.46. The molecule has 0 amide bonds. The molecule has 2 aromatic rings. The van der Waals surface area contributed by atoms with Crippen LogP contribution in [0.1, 0.15) is 66.8 Å². The molecule has 0 aliphatic heterocycles. The molecule has 0 radical (unpaired) electrons. The fraction of sp³-hybridized carbons (Fsp3) is 0.636. The topological polar surface area (TPSA) is 171 Å². The van der Waals surface area contributed by atoms with Gasteiger partial charge < -0.3 is 9.47 Å². The quantitative estimate of drug-likeness (QED) is 0.321. The zero-order chi connectivity index (χ0) is 29.1. The number of ether oxygens (including phenoxy) is 2. The van der Waals surface area contributed by atoms with Gasteiger partial charge in [-0.15, -0.1) is 22.7 Å². The number of carbonyl (C=O) groups excluding carboxylic acids is 2. The monoisotopic (exact) mass is 610 g/mol. The van der Waals surface area contributed by atoms with Crippen molar-refractivity contribution in [1.82, 2.24) is 9.97 Å². The minimum Gasteiger partial charge on any atom is -0.465 e. The Morgan fingerprint density at radius 1 is 0.842 bits per heavy atom. The summed E-state index contributed by atoms with van der Waals surface area (Å²) in [6.45, 7) is 12.2. The van der Waals surface area contributed by atoms with E-state index in [-0.39, 0.29) is 22.6 Å². The Kier molecular flexibility index (Phi) is 9.94. The summed E-state index contributed by atoms with van der Waals surface area (Å²) in [5, 5.41) is 1.50. The van der Waals surface area contributed by atoms with E-state index in [0.29, 0.717) is 5.69 Å². The van der Waals surface area contributed by atoms with Crippen molar-refractivity contribution in [1.29, 1.82) is 0 Å². The zero-order valence-electron chi connectivity index (χ0n) is 22.5. The molecule has 2 aromatic heterocycles. The first-order chi connectivity index (χ1) is 17.3. The largest absolute Gasteiger partial charge is 0.465 e. The number of hydrogen-bond acceptors (Lipinski definition) is 12. The lowest BCUT2D eigenvalue weighted by Gasteiger charge is -2.22. The highest BCUT2D eigenvalue weighted by Crippen LogP contribution is 2.31. The number of esters is 2. The first-order valence-electron chi connectivity index (χ1n) is 11.6. The van der Waals surface area contributed by atoms with Crippen molar-refractivity contribution in [2.45, 2.75) is 76.7 Å². The van der Waals surface area contributed by atoms with Crippen molar-refractivity contribution in [3.8, 4) is 0 Å². The fourth-order valence-corrected chi connectivity index (χ4v) is 6.45. The zero-order valence-corrected chi connectivity index (χ0v) is 25.8. The second-order valence-electron chi connectivity index (χ2n) is 9.80. The van der Waals surface area contributed by atoms with Gasteiger partial charge in [-0.05, 0) is 55.4 Å². The molecule has 214 valence electrons. The first kappa shape index (κ1) is 31.9. The maximum Gasteiger partial charge on any atom is 0.317 e. The summed E-state index contributed by atoms with van der Waals surface area (Å²) in [4.78, 5) is 33.5. The summed E-state index contributed by atoms with van der Waals surface area (Å²) < 4.78 is 64.9. The van der Waals surface area contributed by atoms with Gasteiger partial charge in [0.1, 0.15) is 22.7 Å². The van der Waals surface area contributed by atoms with Gasteiger partial charge in [0.25, 0.3) is 0 Å². The van der Waals surface area contributed by atoms with Crippen LogP contribution in [0.5, 0.6) is 0 Å². The van der Waals surface area contributed by atoms with E-state index < -0.39 is 59.9 Å². The van der Waals surface area contributed by atoms with Gasteiger partial charge in [0.2, 0.25) is 20.0 Å². The lowest BCUT2D eigenvalue weighted by molar-refractivity contribution is -0.150. The van der Waals surface area contributed by atoms with Crippen molar-refractivity contribution in [3.05, 3.63) is 22.1 Å². The Bertz CT molecular complexity index is 1360. The second kappa shape index (κ2) is 11.8. The van der Waals surface area contributed by atoms with E-state index in [0.717, 1.165) is 22.7 Å². The van der Waals surface area contributed by atoms with Crippen LogP contribution >= 0.6 is 22.7 Å². The molecule has 38 heavy (non-hydrogen) atoms. The molecule has 1 atom stereocenters. The minimum atomic E-state index is -3.99. The molecular weight excluding hydrogens is 577 g/mol. The van der Waals surface area contributed by atoms with Crippen LogP contribution in [0.15, 0.2) is 10.8 Å². The number of rotatable bonds is 13. The lowest BCUT2D eigenvalue weighted by atomic mass is 9.90. The maximum absolute atomic E-state index is 12.8. The van der Waals surface area contributed by atoms with Gasteiger partial charge in [0, 0.05) is 10.8 Å². The van der Waals surface area contributed by atoms with Gasteiger partial charge >= 0.3 is 11.9 Å². The maximum atomic E-state index is 12.8. The number of carbonyl (C=O) groups is 2. The molecule has 0 aliphatic rings. The van der Waals surface area contributed by atoms with Crippen LogP contribution in [-0.2, 0) is 49.9 Å². The predicted molar refractivity (Wildman–Crippen MR) is 148 cm³/mol. The van der Waals surface area contributed by atoms with E-state index in [1.165, 1.54) is 20.8 Å². The van der Waals surface area contributed by atoms with Crippen LogP contribution in [-0.4, -0.2) is 62.5 Å². The standard InChI is InChI=1S/C22H34N4O8S4/c1-9-33-17(27)21(5,6)15-11-36-20(24-15)26-38(31,32)14(4)10-34-18(28)22(7,8)16-12-35-19(23-16)25-37(29,30)13(2)3/h11-14H,9-10H2,1-8H3,(H,23,25)(H,24,26). The molecule has 0 bridgehead atoms. The Balaban J connectivity index is 2.04. The third-order valence-electron chi connectivity index (χ3n) is 5.64. The van der Waals surface area contributed by atoms with Gasteiger partial charge in [-0.25, -0.2) is 26.8 Å². The summed E-state index contributed by atoms with van der Waals surface area (Å²) in [5.41, 5.74) is -1.69. The van der Waals surface area contributed by atoms with Crippen molar-refractivity contribution < 1.29 is 35.9 Å². The highest BCUT2D eigenvalue weighted by Gasteiger charge is 2.37. The van der Waals surface area contributed by atoms with Crippen LogP contribution < -0.4 is 9.44 Å². The number of hydrogen-bond donors (Lipinski definition) is 2. The van der Waals surface area contributed by atoms with E-state index in [1.54, 1.807) is 45.4 Å². The lowest BCUT2D eigenvalue weighted by Crippen LogP contribution is -2.36. The second-order valence-corrected chi connectivity index (χ2v) is 15.9. The highest BCUT2D eigenvalue weighted by atomic mass is 32.2. The number of nitrogens with zero attached hydrogens (tertiary/aromatic N) is 2. The molecule has 2 heterocycles. The summed E-state index contributed by atoms with van der Waals surface area (Å²) in [7, 11) is -7.59. The summed E-state index contributed by atoms with van der Waals surface area (Å²) in [6.07, 6.45) is 0. The van der Waals surface area contributed by atoms with Crippen LogP contribution in [0.25, 0.3) is 0 Å². The van der Waals surface area contributed by atoms with Gasteiger partial charge in [0.15, 0.2) is 10.3 Å². The summed E-state index contributed by atoms with van der Waals surface area (Å²) in [6, 6.07) is 0. The van der Waals surface area contributed by atoms with E-state index >= 15 is 0 Å². The van der Waals surface area contributed by atoms with Gasteiger partial charge in [-0.2, -0.15) is 0 Å². The molecule has 0 saturated heterocycles. The first-order valence-corrected chi connectivity index (χ1v) is 16.5. The highest BCUT2D eigenvalue weighted by molar-refractivity contribution is 7.93. The smallest absolute Gasteiger partial charge is 0.317 e. The minimum absolute atomic E-state index is 0.0646. The molecule has 0 fully saturated rings. The third-order valence-corrected chi connectivity index (χ3v) is 10.8. The average molecular weight is 611 g/mol. The molecule has 2 N–H and O–H groups in total.